The number of benzene rings is 4. The molecule has 0 radical (unpaired) electrons. The van der Waals surface area contributed by atoms with Crippen LogP contribution in [0.3, 0.4) is 0 Å². The van der Waals surface area contributed by atoms with Crippen molar-refractivity contribution >= 4 is 3.21 Å². The summed E-state index contributed by atoms with van der Waals surface area (Å²) in [6, 6.07) is 24.5. The summed E-state index contributed by atoms with van der Waals surface area (Å²) in [4.78, 5) is 0. The Bertz CT molecular complexity index is 1700. The number of fused-ring (bicyclic) bond motifs is 3. The minimum absolute atomic E-state index is 0.300. The van der Waals surface area contributed by atoms with Crippen molar-refractivity contribution in [2.75, 3.05) is 0 Å². The Balaban J connectivity index is 0.000000255. The first-order valence-electron chi connectivity index (χ1n) is 17.8. The van der Waals surface area contributed by atoms with Crippen LogP contribution >= 0.6 is 0 Å². The second-order valence-electron chi connectivity index (χ2n) is 15.3. The molecule has 2 aliphatic rings. The molecule has 0 aliphatic heterocycles. The molecular formula is C47H56Zr. The summed E-state index contributed by atoms with van der Waals surface area (Å²) in [7, 11) is 0. The van der Waals surface area contributed by atoms with Crippen LogP contribution in [0.15, 0.2) is 72.3 Å². The molecule has 2 aliphatic carbocycles. The Hall–Kier alpha value is -2.89. The molecule has 0 amide bonds. The minimum atomic E-state index is 0.300. The molecule has 1 unspecified atom stereocenters. The van der Waals surface area contributed by atoms with Gasteiger partial charge in [-0.05, 0) is 75.8 Å². The van der Waals surface area contributed by atoms with Crippen molar-refractivity contribution in [2.24, 2.45) is 11.3 Å². The maximum Gasteiger partial charge on any atom is -0.0125 e. The van der Waals surface area contributed by atoms with Gasteiger partial charge in [-0.2, -0.15) is 11.6 Å². The van der Waals surface area contributed by atoms with Crippen molar-refractivity contribution in [2.45, 2.75) is 109 Å². The fourth-order valence-corrected chi connectivity index (χ4v) is 7.23. The van der Waals surface area contributed by atoms with Gasteiger partial charge in [0.15, 0.2) is 0 Å². The van der Waals surface area contributed by atoms with Crippen molar-refractivity contribution in [3.63, 3.8) is 0 Å². The van der Waals surface area contributed by atoms with Gasteiger partial charge in [0, 0.05) is 0 Å². The predicted octanol–water partition coefficient (Wildman–Crippen LogP) is 13.1. The van der Waals surface area contributed by atoms with Gasteiger partial charge < -0.3 is 0 Å². The van der Waals surface area contributed by atoms with Crippen LogP contribution in [0.4, 0.5) is 0 Å². The van der Waals surface area contributed by atoms with Crippen LogP contribution in [-0.4, -0.2) is 3.21 Å². The van der Waals surface area contributed by atoms with Gasteiger partial charge in [-0.25, -0.2) is 6.08 Å². The molecule has 0 aromatic heterocycles. The summed E-state index contributed by atoms with van der Waals surface area (Å²) >= 11 is 1.55. The van der Waals surface area contributed by atoms with Crippen LogP contribution in [0, 0.1) is 65.0 Å². The topological polar surface area (TPSA) is 0 Å². The van der Waals surface area contributed by atoms with E-state index in [0.29, 0.717) is 11.3 Å². The molecule has 6 rings (SSSR count). The zero-order chi connectivity index (χ0) is 35.3. The number of aryl methyl sites for hydroxylation is 6. The molecule has 1 atom stereocenters. The van der Waals surface area contributed by atoms with Gasteiger partial charge in [0.05, 0.1) is 0 Å². The molecular weight excluding hydrogens is 656 g/mol. The summed E-state index contributed by atoms with van der Waals surface area (Å²) in [5, 5.41) is 0. The second kappa shape index (κ2) is 16.2. The SMILES string of the molecule is CCCCC1[C-]=CC(C(C)(C)C)=C1.C[C](C)=[Zr+2].Cc1cc(C)c(-c2[c-]c3c(cc2)-c2ccc(-c4c(C)cc(C)cc4C)cc2C3)c(C)c1. The largest absolute Gasteiger partial charge is 0.143 e. The molecule has 0 bridgehead atoms. The fourth-order valence-electron chi connectivity index (χ4n) is 7.23. The Morgan fingerprint density at radius 1 is 0.771 bits per heavy atom. The van der Waals surface area contributed by atoms with Gasteiger partial charge in [0.2, 0.25) is 0 Å². The van der Waals surface area contributed by atoms with Gasteiger partial charge in [-0.15, -0.1) is 29.3 Å². The Kier molecular flexibility index (Phi) is 12.8. The third-order valence-electron chi connectivity index (χ3n) is 9.27. The van der Waals surface area contributed by atoms with Gasteiger partial charge in [-0.3, -0.25) is 6.08 Å². The maximum atomic E-state index is 3.78. The first-order chi connectivity index (χ1) is 22.6. The van der Waals surface area contributed by atoms with E-state index in [9.17, 15) is 0 Å². The van der Waals surface area contributed by atoms with Crippen LogP contribution in [0.25, 0.3) is 33.4 Å². The number of hydrogen-bond acceptors (Lipinski definition) is 0. The van der Waals surface area contributed by atoms with Crippen LogP contribution in [0.5, 0.6) is 0 Å². The summed E-state index contributed by atoms with van der Waals surface area (Å²) in [6.45, 7) is 26.5. The second-order valence-corrected chi connectivity index (χ2v) is 17.8. The molecule has 0 spiro atoms. The first-order valence-corrected chi connectivity index (χ1v) is 19.0. The molecule has 0 nitrogen and oxygen atoms in total. The standard InChI is InChI=1S/C31H29.C13H21.C3H6.Zr/c1-18-11-20(3)30(21(4)12-18)24-7-9-28-26(15-24)17-27-16-25(8-10-29(27)28)31-22(5)13-19(2)14-23(31)6;1-5-6-7-11-8-9-12(10-11)13(2,3)4;1-3-2;/h7-15H,17H2,1-6H3;9-11H,5-7H2,1-4H3;1-2H3;/q2*-1;;+2. The summed E-state index contributed by atoms with van der Waals surface area (Å²) < 4.78 is 1.51. The summed E-state index contributed by atoms with van der Waals surface area (Å²) in [6.07, 6.45) is 12.8. The van der Waals surface area contributed by atoms with Gasteiger partial charge in [-0.1, -0.05) is 140 Å². The zero-order valence-corrected chi connectivity index (χ0v) is 34.2. The van der Waals surface area contributed by atoms with Crippen molar-refractivity contribution in [3.8, 4) is 33.4 Å². The predicted molar refractivity (Wildman–Crippen MR) is 208 cm³/mol. The van der Waals surface area contributed by atoms with Crippen LogP contribution in [-0.2, 0) is 30.7 Å². The number of allylic oxidation sites excluding steroid dienone is 4. The van der Waals surface area contributed by atoms with Crippen LogP contribution in [0.2, 0.25) is 0 Å². The van der Waals surface area contributed by atoms with E-state index in [-0.39, 0.29) is 0 Å². The molecule has 0 N–H and O–H groups in total. The molecule has 248 valence electrons. The number of hydrogen-bond donors (Lipinski definition) is 0. The minimum Gasteiger partial charge on any atom is -0.143 e. The number of unbranched alkanes of at least 4 members (excludes halogenated alkanes) is 1. The Labute approximate surface area is 308 Å². The third kappa shape index (κ3) is 9.42. The molecule has 48 heavy (non-hydrogen) atoms. The van der Waals surface area contributed by atoms with E-state index < -0.39 is 0 Å². The van der Waals surface area contributed by atoms with Crippen LogP contribution < -0.4 is 0 Å². The quantitative estimate of drug-likeness (QED) is 0.159. The molecule has 0 saturated carbocycles. The Morgan fingerprint density at radius 3 is 1.83 bits per heavy atom. The molecule has 1 heteroatoms. The van der Waals surface area contributed by atoms with Gasteiger partial charge in [0.1, 0.15) is 0 Å². The monoisotopic (exact) mass is 710 g/mol. The maximum absolute atomic E-state index is 3.78. The van der Waals surface area contributed by atoms with E-state index in [1.807, 2.05) is 0 Å². The van der Waals surface area contributed by atoms with E-state index in [1.165, 1.54) is 106 Å². The molecule has 0 heterocycles. The van der Waals surface area contributed by atoms with Gasteiger partial charge >= 0.3 is 41.3 Å². The van der Waals surface area contributed by atoms with Crippen LogP contribution in [0.1, 0.15) is 105 Å². The zero-order valence-electron chi connectivity index (χ0n) is 31.8. The first kappa shape index (κ1) is 37.9. The van der Waals surface area contributed by atoms with E-state index in [2.05, 4.69) is 162 Å². The van der Waals surface area contributed by atoms with E-state index in [1.54, 1.807) is 24.2 Å². The summed E-state index contributed by atoms with van der Waals surface area (Å²) in [5.41, 5.74) is 20.5. The van der Waals surface area contributed by atoms with Crippen molar-refractivity contribution in [3.05, 3.63) is 129 Å². The average Bonchev–Trinajstić information content (AvgIpc) is 3.59. The van der Waals surface area contributed by atoms with E-state index >= 15 is 0 Å². The third-order valence-corrected chi connectivity index (χ3v) is 9.27. The Morgan fingerprint density at radius 2 is 1.31 bits per heavy atom. The molecule has 4 aromatic carbocycles. The molecule has 0 fully saturated rings. The number of rotatable bonds is 5. The molecule has 4 aromatic rings. The summed E-state index contributed by atoms with van der Waals surface area (Å²) in [5.74, 6) is 0.592. The molecule has 0 saturated heterocycles. The van der Waals surface area contributed by atoms with E-state index in [0.717, 1.165) is 6.42 Å². The smallest absolute Gasteiger partial charge is 0.0125 e. The fraction of sp³-hybridized carbons (Fsp3) is 0.383. The average molecular weight is 712 g/mol. The van der Waals surface area contributed by atoms with Crippen molar-refractivity contribution in [1.29, 1.82) is 0 Å². The van der Waals surface area contributed by atoms with Gasteiger partial charge in [0.25, 0.3) is 0 Å². The van der Waals surface area contributed by atoms with E-state index in [4.69, 9.17) is 0 Å². The van der Waals surface area contributed by atoms with Crippen molar-refractivity contribution < 1.29 is 24.2 Å². The normalized spacial score (nSPS) is 14.4. The van der Waals surface area contributed by atoms with Crippen molar-refractivity contribution in [1.82, 2.24) is 0 Å².